The Morgan fingerprint density at radius 2 is 0.972 bits per heavy atom. The number of benzene rings is 2. The molecule has 0 radical (unpaired) electrons. The van der Waals surface area contributed by atoms with Crippen LogP contribution in [0.2, 0.25) is 0 Å². The third-order valence-corrected chi connectivity index (χ3v) is 4.06. The molecule has 0 aliphatic carbocycles. The quantitative estimate of drug-likeness (QED) is 0.155. The molecule has 6 nitrogen and oxygen atoms in total. The summed E-state index contributed by atoms with van der Waals surface area (Å²) in [5.74, 6) is 0.0210. The van der Waals surface area contributed by atoms with Crippen LogP contribution in [0.1, 0.15) is 24.0 Å². The molecule has 2 aromatic rings. The fraction of sp³-hybridized carbons (Fsp3) is 0.364. The van der Waals surface area contributed by atoms with Crippen molar-refractivity contribution in [1.29, 1.82) is 0 Å². The predicted molar refractivity (Wildman–Crippen MR) is 124 cm³/mol. The van der Waals surface area contributed by atoms with Crippen LogP contribution >= 0.6 is 0 Å². The van der Waals surface area contributed by atoms with Crippen LogP contribution in [0.5, 0.6) is 11.5 Å². The molecule has 0 bridgehead atoms. The van der Waals surface area contributed by atoms with E-state index >= 15 is 0 Å². The molecule has 0 aliphatic rings. The summed E-state index contributed by atoms with van der Waals surface area (Å²) >= 11 is -11.1. The number of hydrogen-bond acceptors (Lipinski definition) is 6. The molecule has 0 amide bonds. The van der Waals surface area contributed by atoms with Gasteiger partial charge in [0.05, 0.1) is 0 Å². The summed E-state index contributed by atoms with van der Waals surface area (Å²) in [4.78, 5) is 8.58. The zero-order chi connectivity index (χ0) is 26.3. The van der Waals surface area contributed by atoms with Crippen molar-refractivity contribution in [2.75, 3.05) is 39.3 Å². The van der Waals surface area contributed by atoms with E-state index in [0.717, 1.165) is 39.0 Å². The first-order chi connectivity index (χ1) is 16.2. The van der Waals surface area contributed by atoms with Crippen molar-refractivity contribution < 1.29 is 48.1 Å². The number of nitrogens with one attached hydrogen (secondary N) is 2. The Hall–Kier alpha value is -2.04. The Morgan fingerprint density at radius 3 is 1.31 bits per heavy atom. The van der Waals surface area contributed by atoms with Crippen LogP contribution in [-0.4, -0.2) is 65.9 Å². The molecule has 0 atom stereocenters. The van der Waals surface area contributed by atoms with Crippen molar-refractivity contribution in [3.05, 3.63) is 59.7 Å². The smallest absolute Gasteiger partial charge is 0.872 e. The van der Waals surface area contributed by atoms with Gasteiger partial charge >= 0.3 is 52.0 Å². The summed E-state index contributed by atoms with van der Waals surface area (Å²) < 4.78 is 59.4. The van der Waals surface area contributed by atoms with Gasteiger partial charge in [-0.25, -0.2) is 0 Å². The average Bonchev–Trinajstić information content (AvgIpc) is 2.74. The molecule has 36 heavy (non-hydrogen) atoms. The molecule has 2 rings (SSSR count). The molecule has 202 valence electrons. The van der Waals surface area contributed by atoms with E-state index in [1.54, 1.807) is 48.8 Å². The molecule has 2 aromatic carbocycles. The third-order valence-electron chi connectivity index (χ3n) is 4.06. The minimum Gasteiger partial charge on any atom is -0.872 e. The molecular formula is C22H28AsF6MnN4O2. The molecule has 0 aromatic heterocycles. The SMILES string of the molecule is F[As-](F)(F)(F)(F)F.[Mn+3].[O-]c1ccccc1C=NCCCNCCNCCCN=Cc1ccccc1[O-]. The Kier molecular flexibility index (Phi) is 14.4. The van der Waals surface area contributed by atoms with E-state index in [0.29, 0.717) is 24.2 Å². The van der Waals surface area contributed by atoms with E-state index in [1.165, 1.54) is 0 Å². The summed E-state index contributed by atoms with van der Waals surface area (Å²) in [5.41, 5.74) is 1.28. The zero-order valence-corrected chi connectivity index (χ0v) is 22.3. The van der Waals surface area contributed by atoms with Gasteiger partial charge in [0.1, 0.15) is 0 Å². The summed E-state index contributed by atoms with van der Waals surface area (Å²) in [6.07, 6.45) is 5.19. The van der Waals surface area contributed by atoms with Gasteiger partial charge in [-0.3, -0.25) is 9.98 Å². The van der Waals surface area contributed by atoms with Crippen LogP contribution < -0.4 is 20.8 Å². The van der Waals surface area contributed by atoms with E-state index in [2.05, 4.69) is 20.6 Å². The summed E-state index contributed by atoms with van der Waals surface area (Å²) in [5, 5.41) is 29.8. The Balaban J connectivity index is 0.00000134. The topological polar surface area (TPSA) is 94.9 Å². The molecule has 2 N–H and O–H groups in total. The Morgan fingerprint density at radius 1 is 0.639 bits per heavy atom. The Bertz CT molecular complexity index is 888. The van der Waals surface area contributed by atoms with Gasteiger partial charge in [-0.15, -0.1) is 11.5 Å². The van der Waals surface area contributed by atoms with Gasteiger partial charge in [-0.1, -0.05) is 48.5 Å². The maximum atomic E-state index is 11.5. The fourth-order valence-corrected chi connectivity index (χ4v) is 2.52. The van der Waals surface area contributed by atoms with E-state index in [1.807, 2.05) is 12.1 Å². The predicted octanol–water partition coefficient (Wildman–Crippen LogP) is 3.47. The van der Waals surface area contributed by atoms with Gasteiger partial charge in [-0.2, -0.15) is 0 Å². The molecule has 0 spiro atoms. The van der Waals surface area contributed by atoms with Crippen LogP contribution in [0.3, 0.4) is 0 Å². The minimum atomic E-state index is -11.1. The molecule has 0 saturated heterocycles. The van der Waals surface area contributed by atoms with Crippen LogP contribution in [0, 0.1) is 0 Å². The van der Waals surface area contributed by atoms with Crippen molar-refractivity contribution in [1.82, 2.24) is 10.6 Å². The van der Waals surface area contributed by atoms with E-state index < -0.39 is 14.2 Å². The largest absolute Gasteiger partial charge is 3.00 e. The van der Waals surface area contributed by atoms with Gasteiger partial charge < -0.3 is 20.8 Å². The molecule has 0 fully saturated rings. The second kappa shape index (κ2) is 15.3. The zero-order valence-electron chi connectivity index (χ0n) is 19.2. The minimum absolute atomic E-state index is 0. The number of para-hydroxylation sites is 2. The average molecular weight is 624 g/mol. The maximum absolute atomic E-state index is 11.5. The van der Waals surface area contributed by atoms with Crippen LogP contribution in [-0.2, 0) is 17.1 Å². The number of halogens is 6. The number of aliphatic imine (C=N–C) groups is 2. The van der Waals surface area contributed by atoms with Crippen molar-refractivity contribution in [3.63, 3.8) is 0 Å². The monoisotopic (exact) mass is 624 g/mol. The van der Waals surface area contributed by atoms with Gasteiger partial charge in [0, 0.05) is 38.6 Å². The molecule has 0 unspecified atom stereocenters. The molecular weight excluding hydrogens is 596 g/mol. The van der Waals surface area contributed by atoms with E-state index in [9.17, 15) is 31.0 Å². The molecule has 0 heterocycles. The summed E-state index contributed by atoms with van der Waals surface area (Å²) in [7, 11) is 0. The van der Waals surface area contributed by atoms with Crippen molar-refractivity contribution in [3.8, 4) is 11.5 Å². The summed E-state index contributed by atoms with van der Waals surface area (Å²) in [6, 6.07) is 13.8. The first-order valence-corrected chi connectivity index (χ1v) is 15.0. The molecule has 0 aliphatic heterocycles. The standard InChI is InChI=1S/C22H30N4O2.AsF6.Mn/c27-21-9-3-1-7-19(21)17-25-13-5-11-23-15-16-24-12-6-14-26-18-20-8-2-4-10-22(20)28;2-1(3,4,5,6)7;/h1-4,7-10,17-18,23-24,27-28H,5-6,11-16H2;;/q;-1;+3/p-2. The van der Waals surface area contributed by atoms with Gasteiger partial charge in [0.2, 0.25) is 0 Å². The summed E-state index contributed by atoms with van der Waals surface area (Å²) in [6.45, 7) is 5.02. The first-order valence-electron chi connectivity index (χ1n) is 10.7. The van der Waals surface area contributed by atoms with Gasteiger partial charge in [-0.05, 0) is 37.1 Å². The Labute approximate surface area is 218 Å². The normalized spacial score (nSPS) is 13.5. The van der Waals surface area contributed by atoms with Crippen molar-refractivity contribution in [2.45, 2.75) is 12.8 Å². The number of rotatable bonds is 13. The van der Waals surface area contributed by atoms with Crippen molar-refractivity contribution in [2.24, 2.45) is 9.98 Å². The third kappa shape index (κ3) is 22.4. The molecule has 14 heteroatoms. The second-order valence-corrected chi connectivity index (χ2v) is 11.3. The van der Waals surface area contributed by atoms with Crippen LogP contribution in [0.25, 0.3) is 0 Å². The number of nitrogens with zero attached hydrogens (tertiary/aromatic N) is 2. The molecule has 0 saturated carbocycles. The van der Waals surface area contributed by atoms with Crippen LogP contribution in [0.15, 0.2) is 58.5 Å². The van der Waals surface area contributed by atoms with E-state index in [-0.39, 0.29) is 28.6 Å². The maximum Gasteiger partial charge on any atom is 3.00 e. The number of hydrogen-bond donors (Lipinski definition) is 2. The first kappa shape index (κ1) is 34.0. The van der Waals surface area contributed by atoms with Crippen molar-refractivity contribution >= 4 is 26.6 Å². The fourth-order valence-electron chi connectivity index (χ4n) is 2.52. The second-order valence-electron chi connectivity index (χ2n) is 7.31. The van der Waals surface area contributed by atoms with Gasteiger partial charge in [0.25, 0.3) is 0 Å². The van der Waals surface area contributed by atoms with E-state index in [4.69, 9.17) is 0 Å². The van der Waals surface area contributed by atoms with Crippen LogP contribution in [0.4, 0.5) is 20.8 Å². The van der Waals surface area contributed by atoms with Gasteiger partial charge in [0.15, 0.2) is 0 Å².